The van der Waals surface area contributed by atoms with Gasteiger partial charge in [0.05, 0.1) is 13.7 Å². The largest absolute Gasteiger partial charge is 0.497 e. The Labute approximate surface area is 142 Å². The molecule has 2 aromatic rings. The Morgan fingerprint density at radius 2 is 2.21 bits per heavy atom. The van der Waals surface area contributed by atoms with Crippen molar-refractivity contribution < 1.29 is 9.53 Å². The number of aryl methyl sites for hydroxylation is 1. The number of amides is 1. The number of methoxy groups -OCH3 is 1. The number of carbonyl (C=O) groups excluding carboxylic acids is 1. The van der Waals surface area contributed by atoms with Crippen LogP contribution in [0.2, 0.25) is 0 Å². The summed E-state index contributed by atoms with van der Waals surface area (Å²) in [6.07, 6.45) is 3.36. The molecule has 24 heavy (non-hydrogen) atoms. The van der Waals surface area contributed by atoms with Gasteiger partial charge in [0, 0.05) is 18.3 Å². The molecule has 0 radical (unpaired) electrons. The smallest absolute Gasteiger partial charge is 0.242 e. The molecule has 0 aliphatic carbocycles. The molecule has 1 atom stereocenters. The zero-order chi connectivity index (χ0) is 17.4. The number of anilines is 1. The number of nitrogens with zero attached hydrogens (tertiary/aromatic N) is 3. The number of nitrogens with one attached hydrogen (secondary N) is 2. The third-order valence-electron chi connectivity index (χ3n) is 3.72. The van der Waals surface area contributed by atoms with Gasteiger partial charge in [-0.15, -0.1) is 10.2 Å². The van der Waals surface area contributed by atoms with Gasteiger partial charge in [-0.3, -0.25) is 4.79 Å². The van der Waals surface area contributed by atoms with E-state index in [4.69, 9.17) is 4.74 Å². The number of benzene rings is 1. The molecule has 1 amide bonds. The molecule has 0 aliphatic heterocycles. The van der Waals surface area contributed by atoms with Gasteiger partial charge in [-0.1, -0.05) is 19.9 Å². The van der Waals surface area contributed by atoms with Crippen molar-refractivity contribution in [1.29, 1.82) is 0 Å². The van der Waals surface area contributed by atoms with Crippen LogP contribution in [0.15, 0.2) is 30.6 Å². The molecule has 0 aliphatic rings. The van der Waals surface area contributed by atoms with E-state index in [1.165, 1.54) is 0 Å². The Kier molecular flexibility index (Phi) is 6.60. The summed E-state index contributed by atoms with van der Waals surface area (Å²) in [5, 5.41) is 14.1. The first-order valence-corrected chi connectivity index (χ1v) is 8.22. The SMILES string of the molecule is CCCn1cnnc1CNC(=O)[C@H](CC)Nc1cccc(OC)c1. The van der Waals surface area contributed by atoms with Crippen LogP contribution in [0.5, 0.6) is 5.75 Å². The van der Waals surface area contributed by atoms with Crippen LogP contribution in [0.1, 0.15) is 32.5 Å². The van der Waals surface area contributed by atoms with Crippen molar-refractivity contribution in [3.8, 4) is 5.75 Å². The van der Waals surface area contributed by atoms with Crippen LogP contribution < -0.4 is 15.4 Å². The van der Waals surface area contributed by atoms with Crippen LogP contribution in [0, 0.1) is 0 Å². The highest BCUT2D eigenvalue weighted by molar-refractivity contribution is 5.84. The number of rotatable bonds is 9. The first-order chi connectivity index (χ1) is 11.7. The van der Waals surface area contributed by atoms with Crippen LogP contribution in [0.3, 0.4) is 0 Å². The maximum atomic E-state index is 12.4. The summed E-state index contributed by atoms with van der Waals surface area (Å²) in [5.41, 5.74) is 0.852. The minimum atomic E-state index is -0.320. The average Bonchev–Trinajstić information content (AvgIpc) is 3.05. The number of carbonyl (C=O) groups is 1. The molecular weight excluding hydrogens is 306 g/mol. The molecule has 0 spiro atoms. The molecule has 1 heterocycles. The summed E-state index contributed by atoms with van der Waals surface area (Å²) < 4.78 is 7.16. The predicted molar refractivity (Wildman–Crippen MR) is 92.9 cm³/mol. The Hall–Kier alpha value is -2.57. The molecule has 0 saturated carbocycles. The lowest BCUT2D eigenvalue weighted by atomic mass is 10.2. The van der Waals surface area contributed by atoms with E-state index in [-0.39, 0.29) is 11.9 Å². The second kappa shape index (κ2) is 8.90. The first-order valence-electron chi connectivity index (χ1n) is 8.22. The van der Waals surface area contributed by atoms with Crippen molar-refractivity contribution >= 4 is 11.6 Å². The van der Waals surface area contributed by atoms with Crippen molar-refractivity contribution in [3.63, 3.8) is 0 Å². The van der Waals surface area contributed by atoms with E-state index in [1.807, 2.05) is 35.8 Å². The highest BCUT2D eigenvalue weighted by Gasteiger charge is 2.17. The molecule has 2 N–H and O–H groups in total. The van der Waals surface area contributed by atoms with Crippen molar-refractivity contribution in [2.24, 2.45) is 0 Å². The van der Waals surface area contributed by atoms with Crippen molar-refractivity contribution in [2.75, 3.05) is 12.4 Å². The van der Waals surface area contributed by atoms with Gasteiger partial charge in [-0.25, -0.2) is 0 Å². The molecule has 7 nitrogen and oxygen atoms in total. The van der Waals surface area contributed by atoms with Gasteiger partial charge in [0.1, 0.15) is 18.1 Å². The van der Waals surface area contributed by atoms with Crippen molar-refractivity contribution in [2.45, 2.75) is 45.8 Å². The lowest BCUT2D eigenvalue weighted by molar-refractivity contribution is -0.122. The minimum Gasteiger partial charge on any atom is -0.497 e. The fourth-order valence-corrected chi connectivity index (χ4v) is 2.40. The lowest BCUT2D eigenvalue weighted by Gasteiger charge is -2.18. The van der Waals surface area contributed by atoms with Crippen molar-refractivity contribution in [3.05, 3.63) is 36.4 Å². The number of hydrogen-bond donors (Lipinski definition) is 2. The molecule has 1 aromatic carbocycles. The van der Waals surface area contributed by atoms with Crippen LogP contribution in [0.25, 0.3) is 0 Å². The first kappa shape index (κ1) is 17.8. The monoisotopic (exact) mass is 331 g/mol. The number of ether oxygens (including phenoxy) is 1. The predicted octanol–water partition coefficient (Wildman–Crippen LogP) is 2.20. The van der Waals surface area contributed by atoms with Gasteiger partial charge >= 0.3 is 0 Å². The summed E-state index contributed by atoms with van der Waals surface area (Å²) in [6.45, 7) is 5.27. The van der Waals surface area contributed by atoms with Crippen LogP contribution in [0.4, 0.5) is 5.69 Å². The fraction of sp³-hybridized carbons (Fsp3) is 0.471. The third kappa shape index (κ3) is 4.71. The van der Waals surface area contributed by atoms with Gasteiger partial charge in [0.2, 0.25) is 5.91 Å². The zero-order valence-corrected chi connectivity index (χ0v) is 14.5. The zero-order valence-electron chi connectivity index (χ0n) is 14.5. The Balaban J connectivity index is 1.94. The van der Waals surface area contributed by atoms with Gasteiger partial charge in [-0.05, 0) is 25.0 Å². The van der Waals surface area contributed by atoms with E-state index < -0.39 is 0 Å². The van der Waals surface area contributed by atoms with Gasteiger partial charge in [0.25, 0.3) is 0 Å². The quantitative estimate of drug-likeness (QED) is 0.736. The molecule has 0 unspecified atom stereocenters. The Morgan fingerprint density at radius 1 is 1.38 bits per heavy atom. The van der Waals surface area contributed by atoms with E-state index in [9.17, 15) is 4.79 Å². The van der Waals surface area contributed by atoms with E-state index in [0.717, 1.165) is 30.2 Å². The van der Waals surface area contributed by atoms with E-state index in [1.54, 1.807) is 13.4 Å². The second-order valence-electron chi connectivity index (χ2n) is 5.50. The second-order valence-corrected chi connectivity index (χ2v) is 5.50. The van der Waals surface area contributed by atoms with Crippen LogP contribution in [-0.4, -0.2) is 33.8 Å². The fourth-order valence-electron chi connectivity index (χ4n) is 2.40. The molecule has 1 aromatic heterocycles. The molecule has 0 fully saturated rings. The van der Waals surface area contributed by atoms with Crippen molar-refractivity contribution in [1.82, 2.24) is 20.1 Å². The summed E-state index contributed by atoms with van der Waals surface area (Å²) in [7, 11) is 1.62. The maximum absolute atomic E-state index is 12.4. The van der Waals surface area contributed by atoms with E-state index in [0.29, 0.717) is 13.0 Å². The normalized spacial score (nSPS) is 11.8. The molecule has 0 bridgehead atoms. The highest BCUT2D eigenvalue weighted by atomic mass is 16.5. The lowest BCUT2D eigenvalue weighted by Crippen LogP contribution is -2.39. The van der Waals surface area contributed by atoms with E-state index in [2.05, 4.69) is 27.8 Å². The summed E-state index contributed by atoms with van der Waals surface area (Å²) in [6, 6.07) is 7.22. The molecule has 0 saturated heterocycles. The van der Waals surface area contributed by atoms with Gasteiger partial charge in [-0.2, -0.15) is 0 Å². The summed E-state index contributed by atoms with van der Waals surface area (Å²) in [4.78, 5) is 12.4. The van der Waals surface area contributed by atoms with Gasteiger partial charge < -0.3 is 19.9 Å². The van der Waals surface area contributed by atoms with Gasteiger partial charge in [0.15, 0.2) is 5.82 Å². The molecular formula is C17H25N5O2. The van der Waals surface area contributed by atoms with E-state index >= 15 is 0 Å². The molecule has 7 heteroatoms. The summed E-state index contributed by atoms with van der Waals surface area (Å²) >= 11 is 0. The third-order valence-corrected chi connectivity index (χ3v) is 3.72. The van der Waals surface area contributed by atoms with Crippen LogP contribution >= 0.6 is 0 Å². The molecule has 2 rings (SSSR count). The molecule has 130 valence electrons. The summed E-state index contributed by atoms with van der Waals surface area (Å²) in [5.74, 6) is 1.45. The number of aromatic nitrogens is 3. The van der Waals surface area contributed by atoms with Crippen LogP contribution in [-0.2, 0) is 17.9 Å². The Bertz CT molecular complexity index is 656. The highest BCUT2D eigenvalue weighted by Crippen LogP contribution is 2.18. The topological polar surface area (TPSA) is 81.1 Å². The minimum absolute atomic E-state index is 0.0635. The number of hydrogen-bond acceptors (Lipinski definition) is 5. The standard InChI is InChI=1S/C17H25N5O2/c1-4-9-22-12-19-21-16(22)11-18-17(23)15(5-2)20-13-7-6-8-14(10-13)24-3/h6-8,10,12,15,20H,4-5,9,11H2,1-3H3,(H,18,23)/t15-/m0/s1. The average molecular weight is 331 g/mol. The maximum Gasteiger partial charge on any atom is 0.242 e. The Morgan fingerprint density at radius 3 is 2.92 bits per heavy atom.